The molecular weight excluding hydrogens is 278 g/mol. The lowest BCUT2D eigenvalue weighted by molar-refractivity contribution is 0.423. The van der Waals surface area contributed by atoms with E-state index in [-0.39, 0.29) is 5.54 Å². The number of anilines is 1. The zero-order chi connectivity index (χ0) is 15.6. The van der Waals surface area contributed by atoms with Crippen LogP contribution < -0.4 is 10.2 Å². The molecule has 118 valence electrons. The number of aryl methyl sites for hydroxylation is 1. The molecule has 0 bridgehead atoms. The van der Waals surface area contributed by atoms with Crippen molar-refractivity contribution in [2.45, 2.75) is 64.9 Å². The predicted octanol–water partition coefficient (Wildman–Crippen LogP) is 3.61. The average molecular weight is 308 g/mol. The van der Waals surface area contributed by atoms with Crippen LogP contribution >= 0.6 is 11.8 Å². The molecule has 3 nitrogen and oxygen atoms in total. The van der Waals surface area contributed by atoms with Gasteiger partial charge in [-0.3, -0.25) is 0 Å². The Morgan fingerprint density at radius 2 is 2.05 bits per heavy atom. The van der Waals surface area contributed by atoms with Crippen molar-refractivity contribution in [2.24, 2.45) is 0 Å². The first-order valence-corrected chi connectivity index (χ1v) is 8.92. The van der Waals surface area contributed by atoms with Crippen molar-refractivity contribution in [1.82, 2.24) is 10.3 Å². The highest BCUT2D eigenvalue weighted by Gasteiger charge is 2.26. The van der Waals surface area contributed by atoms with E-state index >= 15 is 0 Å². The molecule has 0 aromatic carbocycles. The molecule has 0 amide bonds. The molecule has 1 aromatic heterocycles. The average Bonchev–Trinajstić information content (AvgIpc) is 2.39. The quantitative estimate of drug-likeness (QED) is 0.923. The van der Waals surface area contributed by atoms with E-state index in [0.29, 0.717) is 11.3 Å². The van der Waals surface area contributed by atoms with Crippen molar-refractivity contribution in [3.63, 3.8) is 0 Å². The van der Waals surface area contributed by atoms with Crippen molar-refractivity contribution in [3.8, 4) is 0 Å². The molecule has 0 radical (unpaired) electrons. The second kappa shape index (κ2) is 6.57. The van der Waals surface area contributed by atoms with Crippen molar-refractivity contribution in [3.05, 3.63) is 23.4 Å². The second-order valence-corrected chi connectivity index (χ2v) is 8.51. The van der Waals surface area contributed by atoms with E-state index in [4.69, 9.17) is 4.98 Å². The van der Waals surface area contributed by atoms with Crippen LogP contribution in [0.15, 0.2) is 12.1 Å². The van der Waals surface area contributed by atoms with Crippen LogP contribution in [0.4, 0.5) is 5.82 Å². The van der Waals surface area contributed by atoms with E-state index in [2.05, 4.69) is 75.7 Å². The molecule has 2 rings (SSSR count). The minimum absolute atomic E-state index is 0.138. The van der Waals surface area contributed by atoms with Gasteiger partial charge in [0.05, 0.1) is 0 Å². The SMILES string of the molecule is Cc1nc(N2CCSC(C)C2C)ccc1CNC(C)(C)C. The van der Waals surface area contributed by atoms with Gasteiger partial charge in [0, 0.05) is 41.4 Å². The third kappa shape index (κ3) is 4.36. The summed E-state index contributed by atoms with van der Waals surface area (Å²) in [5, 5.41) is 4.21. The van der Waals surface area contributed by atoms with Crippen molar-refractivity contribution in [1.29, 1.82) is 0 Å². The van der Waals surface area contributed by atoms with E-state index < -0.39 is 0 Å². The van der Waals surface area contributed by atoms with Gasteiger partial charge < -0.3 is 10.2 Å². The van der Waals surface area contributed by atoms with E-state index in [1.807, 2.05) is 0 Å². The highest BCUT2D eigenvalue weighted by molar-refractivity contribution is 8.00. The number of hydrogen-bond donors (Lipinski definition) is 1. The van der Waals surface area contributed by atoms with Crippen LogP contribution in [0.1, 0.15) is 45.9 Å². The Hall–Kier alpha value is -0.740. The lowest BCUT2D eigenvalue weighted by Crippen LogP contribution is -2.45. The summed E-state index contributed by atoms with van der Waals surface area (Å²) in [5.74, 6) is 2.33. The van der Waals surface area contributed by atoms with E-state index in [1.54, 1.807) is 0 Å². The first kappa shape index (κ1) is 16.6. The van der Waals surface area contributed by atoms with Crippen LogP contribution in [0.2, 0.25) is 0 Å². The van der Waals surface area contributed by atoms with Gasteiger partial charge in [-0.15, -0.1) is 0 Å². The molecule has 1 aromatic rings. The Morgan fingerprint density at radius 1 is 1.33 bits per heavy atom. The van der Waals surface area contributed by atoms with Gasteiger partial charge in [0.2, 0.25) is 0 Å². The van der Waals surface area contributed by atoms with Crippen LogP contribution in [0.25, 0.3) is 0 Å². The Balaban J connectivity index is 2.11. The Labute approximate surface area is 133 Å². The Bertz CT molecular complexity index is 481. The number of nitrogens with one attached hydrogen (secondary N) is 1. The standard InChI is InChI=1S/C17H29N3S/c1-12-15(11-18-17(4,5)6)7-8-16(19-12)20-9-10-21-14(3)13(20)2/h7-8,13-14,18H,9-11H2,1-6H3. The molecule has 2 unspecified atom stereocenters. The molecule has 2 atom stereocenters. The van der Waals surface area contributed by atoms with Gasteiger partial charge in [0.15, 0.2) is 0 Å². The highest BCUT2D eigenvalue weighted by Crippen LogP contribution is 2.28. The zero-order valence-electron chi connectivity index (χ0n) is 14.2. The van der Waals surface area contributed by atoms with Crippen molar-refractivity contribution < 1.29 is 0 Å². The molecular formula is C17H29N3S. The number of pyridine rings is 1. The maximum absolute atomic E-state index is 4.86. The summed E-state index contributed by atoms with van der Waals surface area (Å²) in [6.45, 7) is 15.3. The zero-order valence-corrected chi connectivity index (χ0v) is 15.0. The fraction of sp³-hybridized carbons (Fsp3) is 0.706. The molecule has 0 aliphatic carbocycles. The number of thioether (sulfide) groups is 1. The maximum atomic E-state index is 4.86. The molecule has 0 saturated carbocycles. The summed E-state index contributed by atoms with van der Waals surface area (Å²) in [6, 6.07) is 4.97. The second-order valence-electron chi connectivity index (χ2n) is 7.03. The fourth-order valence-corrected chi connectivity index (χ4v) is 3.64. The summed E-state index contributed by atoms with van der Waals surface area (Å²) in [7, 11) is 0. The smallest absolute Gasteiger partial charge is 0.129 e. The van der Waals surface area contributed by atoms with Crippen molar-refractivity contribution >= 4 is 17.6 Å². The Kier molecular flexibility index (Phi) is 5.20. The molecule has 1 N–H and O–H groups in total. The number of aromatic nitrogens is 1. The summed E-state index contributed by atoms with van der Waals surface area (Å²) in [5.41, 5.74) is 2.57. The van der Waals surface area contributed by atoms with Gasteiger partial charge in [-0.05, 0) is 46.2 Å². The first-order valence-electron chi connectivity index (χ1n) is 7.88. The maximum Gasteiger partial charge on any atom is 0.129 e. The van der Waals surface area contributed by atoms with Gasteiger partial charge in [0.1, 0.15) is 5.82 Å². The molecule has 1 aliphatic heterocycles. The van der Waals surface area contributed by atoms with Gasteiger partial charge in [-0.2, -0.15) is 11.8 Å². The molecule has 4 heteroatoms. The largest absolute Gasteiger partial charge is 0.352 e. The predicted molar refractivity (Wildman–Crippen MR) is 94.3 cm³/mol. The van der Waals surface area contributed by atoms with Crippen LogP contribution in [-0.2, 0) is 6.54 Å². The van der Waals surface area contributed by atoms with E-state index in [0.717, 1.165) is 24.6 Å². The normalized spacial score (nSPS) is 23.4. The van der Waals surface area contributed by atoms with Crippen LogP contribution in [-0.4, -0.2) is 34.1 Å². The summed E-state index contributed by atoms with van der Waals surface area (Å²) in [6.07, 6.45) is 0. The highest BCUT2D eigenvalue weighted by atomic mass is 32.2. The fourth-order valence-electron chi connectivity index (χ4n) is 2.54. The lowest BCUT2D eigenvalue weighted by Gasteiger charge is -2.38. The van der Waals surface area contributed by atoms with Crippen LogP contribution in [0.3, 0.4) is 0 Å². The summed E-state index contributed by atoms with van der Waals surface area (Å²) in [4.78, 5) is 7.31. The van der Waals surface area contributed by atoms with Gasteiger partial charge >= 0.3 is 0 Å². The molecule has 1 aliphatic rings. The molecule has 1 saturated heterocycles. The van der Waals surface area contributed by atoms with E-state index in [9.17, 15) is 0 Å². The third-order valence-corrected chi connectivity index (χ3v) is 5.51. The van der Waals surface area contributed by atoms with E-state index in [1.165, 1.54) is 11.3 Å². The molecule has 1 fully saturated rings. The van der Waals surface area contributed by atoms with Crippen LogP contribution in [0, 0.1) is 6.92 Å². The third-order valence-electron chi connectivity index (χ3n) is 4.17. The number of rotatable bonds is 3. The summed E-state index contributed by atoms with van der Waals surface area (Å²) < 4.78 is 0. The van der Waals surface area contributed by atoms with Gasteiger partial charge in [-0.25, -0.2) is 4.98 Å². The lowest BCUT2D eigenvalue weighted by atomic mass is 10.1. The van der Waals surface area contributed by atoms with Crippen LogP contribution in [0.5, 0.6) is 0 Å². The molecule has 2 heterocycles. The minimum Gasteiger partial charge on any atom is -0.352 e. The minimum atomic E-state index is 0.138. The van der Waals surface area contributed by atoms with Crippen molar-refractivity contribution in [2.75, 3.05) is 17.2 Å². The first-order chi connectivity index (χ1) is 9.78. The number of hydrogen-bond acceptors (Lipinski definition) is 4. The topological polar surface area (TPSA) is 28.2 Å². The van der Waals surface area contributed by atoms with Gasteiger partial charge in [0.25, 0.3) is 0 Å². The monoisotopic (exact) mass is 307 g/mol. The number of nitrogens with zero attached hydrogens (tertiary/aromatic N) is 2. The molecule has 0 spiro atoms. The van der Waals surface area contributed by atoms with Gasteiger partial charge in [-0.1, -0.05) is 13.0 Å². The summed E-state index contributed by atoms with van der Waals surface area (Å²) >= 11 is 2.06. The Morgan fingerprint density at radius 3 is 2.67 bits per heavy atom. The molecule has 21 heavy (non-hydrogen) atoms.